The minimum atomic E-state index is -3.87. The van der Waals surface area contributed by atoms with Crippen LogP contribution in [0.4, 0.5) is 17.1 Å². The second-order valence-electron chi connectivity index (χ2n) is 10.1. The molecule has 4 rings (SSSR count). The number of hydrogen-bond donors (Lipinski definition) is 4. The second-order valence-corrected chi connectivity index (χ2v) is 12.4. The molecule has 12 heteroatoms. The average molecular weight is 597 g/mol. The number of carboxylic acids is 1. The maximum atomic E-state index is 13.2. The third-order valence-electron chi connectivity index (χ3n) is 6.66. The summed E-state index contributed by atoms with van der Waals surface area (Å²) in [5, 5.41) is 15.6. The van der Waals surface area contributed by atoms with Crippen LogP contribution in [0.5, 0.6) is 0 Å². The fourth-order valence-corrected chi connectivity index (χ4v) is 6.21. The largest absolute Gasteiger partial charge is 0.481 e. The van der Waals surface area contributed by atoms with E-state index in [1.165, 1.54) is 26.0 Å². The van der Waals surface area contributed by atoms with Gasteiger partial charge in [-0.2, -0.15) is 0 Å². The summed E-state index contributed by atoms with van der Waals surface area (Å²) in [5.41, 5.74) is 8.27. The van der Waals surface area contributed by atoms with Crippen molar-refractivity contribution in [2.24, 2.45) is 5.73 Å². The van der Waals surface area contributed by atoms with Crippen LogP contribution < -0.4 is 20.7 Å². The molecule has 3 aromatic carbocycles. The summed E-state index contributed by atoms with van der Waals surface area (Å²) < 4.78 is 26.2. The number of amides is 2. The molecule has 2 amide bonds. The maximum absolute atomic E-state index is 13.2. The van der Waals surface area contributed by atoms with Crippen molar-refractivity contribution in [1.82, 2.24) is 0 Å². The van der Waals surface area contributed by atoms with Crippen molar-refractivity contribution in [3.05, 3.63) is 88.4 Å². The van der Waals surface area contributed by atoms with Crippen molar-refractivity contribution in [2.45, 2.75) is 32.2 Å². The van der Waals surface area contributed by atoms with Gasteiger partial charge in [0.2, 0.25) is 15.9 Å². The summed E-state index contributed by atoms with van der Waals surface area (Å²) in [6.07, 6.45) is 1.34. The smallest absolute Gasteiger partial charge is 0.303 e. The molecule has 0 spiro atoms. The standard InChI is InChI=1S/C29H29ClN4O6S/c1-29(2,28(31)38)34(41(3,39)40)21-12-10-20(11-13-21)32-26(18-7-4-17(5-8-18)6-15-24(35)36)25-22-14-9-19(30)16-23(22)33-27(25)37/h4-5,7-14,16,32H,6,15H2,1-3H3,(H2,31,38)(H,33,37)(H,35,36)/b26-25-. The summed E-state index contributed by atoms with van der Waals surface area (Å²) in [4.78, 5) is 36.2. The van der Waals surface area contributed by atoms with Gasteiger partial charge in [0.15, 0.2) is 0 Å². The summed E-state index contributed by atoms with van der Waals surface area (Å²) in [6.45, 7) is 2.85. The number of aryl methyl sites for hydroxylation is 1. The monoisotopic (exact) mass is 596 g/mol. The molecule has 10 nitrogen and oxygen atoms in total. The first kappa shape index (κ1) is 29.6. The van der Waals surface area contributed by atoms with Gasteiger partial charge < -0.3 is 21.5 Å². The normalized spacial score (nSPS) is 14.2. The van der Waals surface area contributed by atoms with Crippen molar-refractivity contribution in [2.75, 3.05) is 21.2 Å². The molecule has 0 aromatic heterocycles. The third-order valence-corrected chi connectivity index (χ3v) is 8.23. The highest BCUT2D eigenvalue weighted by Crippen LogP contribution is 2.39. The molecule has 0 fully saturated rings. The fraction of sp³-hybridized carbons (Fsp3) is 0.207. The number of fused-ring (bicyclic) bond motifs is 1. The number of nitrogens with two attached hydrogens (primary N) is 1. The van der Waals surface area contributed by atoms with E-state index in [2.05, 4.69) is 10.6 Å². The number of halogens is 1. The van der Waals surface area contributed by atoms with Gasteiger partial charge in [-0.3, -0.25) is 18.7 Å². The van der Waals surface area contributed by atoms with Gasteiger partial charge in [0.05, 0.1) is 28.9 Å². The highest BCUT2D eigenvalue weighted by atomic mass is 35.5. The molecule has 5 N–H and O–H groups in total. The Bertz CT molecular complexity index is 1670. The van der Waals surface area contributed by atoms with E-state index >= 15 is 0 Å². The molecule has 214 valence electrons. The van der Waals surface area contributed by atoms with E-state index in [0.717, 1.165) is 16.1 Å². The third kappa shape index (κ3) is 6.36. The Balaban J connectivity index is 1.78. The number of sulfonamides is 1. The predicted octanol–water partition coefficient (Wildman–Crippen LogP) is 4.32. The average Bonchev–Trinajstić information content (AvgIpc) is 3.20. The number of carboxylic acid groups (broad SMARTS) is 1. The van der Waals surface area contributed by atoms with Crippen LogP contribution >= 0.6 is 11.6 Å². The number of nitrogens with one attached hydrogen (secondary N) is 2. The zero-order valence-electron chi connectivity index (χ0n) is 22.6. The molecule has 0 atom stereocenters. The lowest BCUT2D eigenvalue weighted by Crippen LogP contribution is -2.55. The zero-order valence-corrected chi connectivity index (χ0v) is 24.1. The van der Waals surface area contributed by atoms with Crippen LogP contribution in [0.2, 0.25) is 5.02 Å². The Morgan fingerprint density at radius 2 is 1.68 bits per heavy atom. The predicted molar refractivity (Wildman–Crippen MR) is 160 cm³/mol. The lowest BCUT2D eigenvalue weighted by molar-refractivity contribution is -0.137. The topological polar surface area (TPSA) is 159 Å². The van der Waals surface area contributed by atoms with Crippen LogP contribution in [0.3, 0.4) is 0 Å². The molecular weight excluding hydrogens is 568 g/mol. The number of benzene rings is 3. The van der Waals surface area contributed by atoms with Gasteiger partial charge >= 0.3 is 5.97 Å². The fourth-order valence-electron chi connectivity index (χ4n) is 4.61. The molecule has 1 aliphatic rings. The Labute approximate surface area is 242 Å². The molecule has 0 bridgehead atoms. The minimum Gasteiger partial charge on any atom is -0.481 e. The van der Waals surface area contributed by atoms with Crippen molar-refractivity contribution in [3.8, 4) is 0 Å². The first-order valence-electron chi connectivity index (χ1n) is 12.5. The van der Waals surface area contributed by atoms with Crippen LogP contribution in [0.15, 0.2) is 66.7 Å². The molecule has 0 unspecified atom stereocenters. The van der Waals surface area contributed by atoms with E-state index in [0.29, 0.717) is 45.2 Å². The number of anilines is 3. The summed E-state index contributed by atoms with van der Waals surface area (Å²) >= 11 is 6.14. The Morgan fingerprint density at radius 1 is 1.05 bits per heavy atom. The number of hydrogen-bond acceptors (Lipinski definition) is 6. The Hall–Kier alpha value is -4.35. The number of rotatable bonds is 10. The van der Waals surface area contributed by atoms with Crippen LogP contribution in [-0.4, -0.2) is 43.1 Å². The van der Waals surface area contributed by atoms with Crippen molar-refractivity contribution < 1.29 is 27.9 Å². The number of aliphatic carboxylic acids is 1. The van der Waals surface area contributed by atoms with Gasteiger partial charge in [0.25, 0.3) is 5.91 Å². The van der Waals surface area contributed by atoms with Gasteiger partial charge in [0, 0.05) is 22.7 Å². The number of nitrogens with zero attached hydrogens (tertiary/aromatic N) is 1. The van der Waals surface area contributed by atoms with E-state index in [4.69, 9.17) is 22.4 Å². The van der Waals surface area contributed by atoms with E-state index < -0.39 is 27.4 Å². The molecule has 1 heterocycles. The molecule has 0 aliphatic carbocycles. The first-order valence-corrected chi connectivity index (χ1v) is 14.7. The van der Waals surface area contributed by atoms with E-state index in [9.17, 15) is 22.8 Å². The highest BCUT2D eigenvalue weighted by molar-refractivity contribution is 7.92. The summed E-state index contributed by atoms with van der Waals surface area (Å²) in [5.74, 6) is -2.05. The molecule has 41 heavy (non-hydrogen) atoms. The van der Waals surface area contributed by atoms with Gasteiger partial charge in [0.1, 0.15) is 5.54 Å². The molecule has 1 aliphatic heterocycles. The van der Waals surface area contributed by atoms with Crippen LogP contribution in [0.25, 0.3) is 11.3 Å². The lowest BCUT2D eigenvalue weighted by Gasteiger charge is -2.35. The van der Waals surface area contributed by atoms with Crippen molar-refractivity contribution in [3.63, 3.8) is 0 Å². The van der Waals surface area contributed by atoms with Crippen LogP contribution in [-0.2, 0) is 30.8 Å². The first-order chi connectivity index (χ1) is 19.2. The highest BCUT2D eigenvalue weighted by Gasteiger charge is 2.39. The van der Waals surface area contributed by atoms with E-state index in [1.807, 2.05) is 0 Å². The van der Waals surface area contributed by atoms with Gasteiger partial charge in [-0.25, -0.2) is 8.42 Å². The number of primary amides is 1. The molecule has 0 radical (unpaired) electrons. The lowest BCUT2D eigenvalue weighted by atomic mass is 9.98. The van der Waals surface area contributed by atoms with Crippen LogP contribution in [0, 0.1) is 0 Å². The summed E-state index contributed by atoms with van der Waals surface area (Å²) in [7, 11) is -3.87. The minimum absolute atomic E-state index is 0.00844. The maximum Gasteiger partial charge on any atom is 0.303 e. The number of carbonyl (C=O) groups is 3. The van der Waals surface area contributed by atoms with E-state index in [1.54, 1.807) is 54.6 Å². The quantitative estimate of drug-likeness (QED) is 0.254. The van der Waals surface area contributed by atoms with Crippen LogP contribution in [0.1, 0.15) is 37.0 Å². The molecule has 3 aromatic rings. The van der Waals surface area contributed by atoms with Gasteiger partial charge in [-0.05, 0) is 67.8 Å². The molecule has 0 saturated heterocycles. The van der Waals surface area contributed by atoms with E-state index in [-0.39, 0.29) is 18.0 Å². The van der Waals surface area contributed by atoms with Crippen molar-refractivity contribution in [1.29, 1.82) is 0 Å². The molecule has 0 saturated carbocycles. The SMILES string of the molecule is CC(C)(C(N)=O)N(c1ccc(N/C(=C2\C(=O)Nc3cc(Cl)ccc32)c2ccc(CCC(=O)O)cc2)cc1)S(C)(=O)=O. The Kier molecular flexibility index (Phi) is 8.14. The van der Waals surface area contributed by atoms with Gasteiger partial charge in [-0.15, -0.1) is 0 Å². The Morgan fingerprint density at radius 3 is 2.24 bits per heavy atom. The number of carbonyl (C=O) groups excluding carboxylic acids is 2. The van der Waals surface area contributed by atoms with Gasteiger partial charge in [-0.1, -0.05) is 41.9 Å². The molecular formula is C29H29ClN4O6S. The summed E-state index contributed by atoms with van der Waals surface area (Å²) in [6, 6.07) is 18.6. The zero-order chi connectivity index (χ0) is 30.1. The second kappa shape index (κ2) is 11.3. The van der Waals surface area contributed by atoms with Crippen molar-refractivity contribution >= 4 is 67.7 Å².